The van der Waals surface area contributed by atoms with Gasteiger partial charge in [-0.25, -0.2) is 8.78 Å². The predicted molar refractivity (Wildman–Crippen MR) is 120 cm³/mol. The number of fused-ring (bicyclic) bond motifs is 2. The maximum Gasteiger partial charge on any atom is 0.151 e. The summed E-state index contributed by atoms with van der Waals surface area (Å²) in [7, 11) is 1.75. The van der Waals surface area contributed by atoms with Crippen molar-refractivity contribution in [1.29, 1.82) is 0 Å². The summed E-state index contributed by atoms with van der Waals surface area (Å²) < 4.78 is 31.7. The average Bonchev–Trinajstić information content (AvgIpc) is 3.41. The maximum absolute atomic E-state index is 15.3. The van der Waals surface area contributed by atoms with Crippen LogP contribution in [0.3, 0.4) is 0 Å². The van der Waals surface area contributed by atoms with Crippen LogP contribution < -0.4 is 10.2 Å². The van der Waals surface area contributed by atoms with Crippen LogP contribution in [0.25, 0.3) is 22.4 Å². The fourth-order valence-corrected chi connectivity index (χ4v) is 5.38. The summed E-state index contributed by atoms with van der Waals surface area (Å²) in [6, 6.07) is 6.53. The van der Waals surface area contributed by atoms with Gasteiger partial charge in [0.1, 0.15) is 17.7 Å². The van der Waals surface area contributed by atoms with Gasteiger partial charge in [0.05, 0.1) is 17.9 Å². The number of phenols is 1. The fourth-order valence-electron chi connectivity index (χ4n) is 5.38. The molecule has 6 rings (SSSR count). The molecule has 1 aliphatic carbocycles. The minimum Gasteiger partial charge on any atom is -0.507 e. The van der Waals surface area contributed by atoms with E-state index in [1.165, 1.54) is 12.1 Å². The first-order valence-corrected chi connectivity index (χ1v) is 11.5. The molecule has 172 valence electrons. The Morgan fingerprint density at radius 2 is 1.97 bits per heavy atom. The number of aryl methyl sites for hydroxylation is 1. The van der Waals surface area contributed by atoms with Gasteiger partial charge in [-0.15, -0.1) is 10.2 Å². The van der Waals surface area contributed by atoms with E-state index in [1.807, 2.05) is 6.07 Å². The van der Waals surface area contributed by atoms with Crippen molar-refractivity contribution in [1.82, 2.24) is 25.3 Å². The molecule has 1 aromatic carbocycles. The molecule has 2 bridgehead atoms. The number of nitrogens with one attached hydrogen (secondary N) is 1. The number of piperidine rings is 1. The van der Waals surface area contributed by atoms with E-state index >= 15 is 4.39 Å². The zero-order valence-electron chi connectivity index (χ0n) is 18.3. The lowest BCUT2D eigenvalue weighted by molar-refractivity contribution is 0.171. The Labute approximate surface area is 190 Å². The van der Waals surface area contributed by atoms with Gasteiger partial charge in [0.2, 0.25) is 0 Å². The van der Waals surface area contributed by atoms with Crippen molar-refractivity contribution < 1.29 is 13.9 Å². The number of benzene rings is 1. The summed E-state index contributed by atoms with van der Waals surface area (Å²) >= 11 is 0. The summed E-state index contributed by atoms with van der Waals surface area (Å²) in [4.78, 5) is 2.11. The molecule has 4 unspecified atom stereocenters. The van der Waals surface area contributed by atoms with Crippen LogP contribution in [0.4, 0.5) is 14.6 Å². The summed E-state index contributed by atoms with van der Waals surface area (Å²) in [6.07, 6.45) is 7.00. The van der Waals surface area contributed by atoms with E-state index in [0.29, 0.717) is 23.1 Å². The molecule has 7 nitrogen and oxygen atoms in total. The highest BCUT2D eigenvalue weighted by Gasteiger charge is 2.48. The fraction of sp³-hybridized carbons (Fsp3) is 0.458. The first-order chi connectivity index (χ1) is 16.0. The van der Waals surface area contributed by atoms with E-state index in [0.717, 1.165) is 32.1 Å². The third-order valence-electron chi connectivity index (χ3n) is 7.14. The second-order valence-electron chi connectivity index (χ2n) is 9.46. The van der Waals surface area contributed by atoms with Gasteiger partial charge in [-0.2, -0.15) is 5.10 Å². The number of rotatable bonds is 5. The molecule has 3 fully saturated rings. The highest BCUT2D eigenvalue weighted by atomic mass is 19.1. The smallest absolute Gasteiger partial charge is 0.151 e. The van der Waals surface area contributed by atoms with E-state index in [4.69, 9.17) is 0 Å². The molecular formula is C24H26F2N6O. The minimum absolute atomic E-state index is 0.0829. The zero-order valence-corrected chi connectivity index (χ0v) is 18.3. The van der Waals surface area contributed by atoms with E-state index in [1.54, 1.807) is 30.2 Å². The van der Waals surface area contributed by atoms with Crippen LogP contribution in [0.2, 0.25) is 0 Å². The molecule has 3 aliphatic rings. The lowest BCUT2D eigenvalue weighted by Crippen LogP contribution is -2.57. The van der Waals surface area contributed by atoms with Crippen LogP contribution >= 0.6 is 0 Å². The molecule has 33 heavy (non-hydrogen) atoms. The maximum atomic E-state index is 15.3. The molecule has 2 N–H and O–H groups in total. The number of phenolic OH excluding ortho intramolecular Hbond substituents is 1. The van der Waals surface area contributed by atoms with Crippen molar-refractivity contribution in [2.45, 2.75) is 62.4 Å². The second kappa shape index (κ2) is 7.76. The van der Waals surface area contributed by atoms with Crippen molar-refractivity contribution >= 4 is 5.82 Å². The summed E-state index contributed by atoms with van der Waals surface area (Å²) in [5.41, 5.74) is 1.48. The second-order valence-corrected chi connectivity index (χ2v) is 9.46. The summed E-state index contributed by atoms with van der Waals surface area (Å²) in [5, 5.41) is 26.7. The van der Waals surface area contributed by atoms with Crippen LogP contribution in [0, 0.1) is 5.82 Å². The van der Waals surface area contributed by atoms with Gasteiger partial charge >= 0.3 is 0 Å². The Balaban J connectivity index is 1.29. The molecule has 0 amide bonds. The van der Waals surface area contributed by atoms with Crippen LogP contribution in [0.1, 0.15) is 32.1 Å². The van der Waals surface area contributed by atoms with Crippen molar-refractivity contribution in [3.8, 4) is 28.1 Å². The standard InChI is InChI=1S/C24H26F2N6O/c1-31-12-13(11-27-31)16-10-22(33)17(9-18(16)25)19-6-7-23(30-29-19)32(15-3-4-15)21-8-14-2-5-20(28-14)24(21)26/h6-7,9-12,14-15,20-21,24,28,33H,2-5,8H2,1H3. The van der Waals surface area contributed by atoms with Crippen LogP contribution in [-0.4, -0.2) is 55.4 Å². The largest absolute Gasteiger partial charge is 0.507 e. The number of anilines is 1. The summed E-state index contributed by atoms with van der Waals surface area (Å²) in [6.45, 7) is 0. The Bertz CT molecular complexity index is 1180. The van der Waals surface area contributed by atoms with Gasteiger partial charge in [0.25, 0.3) is 0 Å². The molecule has 3 aromatic rings. The molecule has 1 saturated carbocycles. The molecule has 2 aromatic heterocycles. The number of nitrogens with zero attached hydrogens (tertiary/aromatic N) is 5. The van der Waals surface area contributed by atoms with E-state index < -0.39 is 12.0 Å². The lowest BCUT2D eigenvalue weighted by Gasteiger charge is -2.41. The topological polar surface area (TPSA) is 79.1 Å². The SMILES string of the molecule is Cn1cc(-c2cc(O)c(-c3ccc(N(C4CC4)C4CC5CCC(N5)C4F)nn3)cc2F)cn1. The molecule has 9 heteroatoms. The Hall–Kier alpha value is -3.07. The van der Waals surface area contributed by atoms with Crippen LogP contribution in [-0.2, 0) is 7.05 Å². The van der Waals surface area contributed by atoms with Crippen molar-refractivity contribution in [3.05, 3.63) is 42.5 Å². The van der Waals surface area contributed by atoms with E-state index in [9.17, 15) is 9.50 Å². The van der Waals surface area contributed by atoms with Gasteiger partial charge in [-0.05, 0) is 56.4 Å². The number of aromatic hydroxyl groups is 1. The molecule has 0 radical (unpaired) electrons. The summed E-state index contributed by atoms with van der Waals surface area (Å²) in [5.74, 6) is 0.0731. The quantitative estimate of drug-likeness (QED) is 0.616. The molecular weight excluding hydrogens is 426 g/mol. The van der Waals surface area contributed by atoms with Crippen LogP contribution in [0.5, 0.6) is 5.75 Å². The van der Waals surface area contributed by atoms with E-state index in [-0.39, 0.29) is 35.0 Å². The monoisotopic (exact) mass is 452 g/mol. The van der Waals surface area contributed by atoms with Crippen molar-refractivity contribution in [2.24, 2.45) is 7.05 Å². The first kappa shape index (κ1) is 20.5. The molecule has 2 aliphatic heterocycles. The van der Waals surface area contributed by atoms with Gasteiger partial charge < -0.3 is 15.3 Å². The zero-order chi connectivity index (χ0) is 22.7. The number of halogens is 2. The van der Waals surface area contributed by atoms with Gasteiger partial charge in [-0.1, -0.05) is 0 Å². The molecule has 0 spiro atoms. The van der Waals surface area contributed by atoms with Crippen LogP contribution in [0.15, 0.2) is 36.7 Å². The van der Waals surface area contributed by atoms with Gasteiger partial charge in [0.15, 0.2) is 5.82 Å². The number of hydrogen-bond donors (Lipinski definition) is 2. The Morgan fingerprint density at radius 1 is 1.12 bits per heavy atom. The molecule has 4 atom stereocenters. The third-order valence-corrected chi connectivity index (χ3v) is 7.14. The number of aromatic nitrogens is 4. The minimum atomic E-state index is -0.941. The van der Waals surface area contributed by atoms with E-state index in [2.05, 4.69) is 25.5 Å². The predicted octanol–water partition coefficient (Wildman–Crippen LogP) is 3.59. The highest BCUT2D eigenvalue weighted by molar-refractivity contribution is 5.74. The highest BCUT2D eigenvalue weighted by Crippen LogP contribution is 2.40. The lowest BCUT2D eigenvalue weighted by atomic mass is 9.95. The Morgan fingerprint density at radius 3 is 2.67 bits per heavy atom. The molecule has 2 saturated heterocycles. The van der Waals surface area contributed by atoms with Gasteiger partial charge in [0, 0.05) is 48.1 Å². The first-order valence-electron chi connectivity index (χ1n) is 11.5. The molecule has 4 heterocycles. The third kappa shape index (κ3) is 3.64. The Kier molecular flexibility index (Phi) is 4.83. The van der Waals surface area contributed by atoms with Crippen molar-refractivity contribution in [3.63, 3.8) is 0 Å². The number of alkyl halides is 1. The number of hydrogen-bond acceptors (Lipinski definition) is 6. The average molecular weight is 453 g/mol. The normalized spacial score (nSPS) is 26.5. The van der Waals surface area contributed by atoms with Gasteiger partial charge in [-0.3, -0.25) is 4.68 Å². The van der Waals surface area contributed by atoms with Crippen molar-refractivity contribution in [2.75, 3.05) is 4.90 Å².